The average Bonchev–Trinajstić information content (AvgIpc) is 3.35. The minimum atomic E-state index is -3.64. The molecule has 37 heavy (non-hydrogen) atoms. The summed E-state index contributed by atoms with van der Waals surface area (Å²) >= 11 is 2.94. The number of nitrogen functional groups attached to an aromatic ring is 2. The summed E-state index contributed by atoms with van der Waals surface area (Å²) in [5.41, 5.74) is 12.6. The number of ether oxygens (including phenoxy) is 1. The van der Waals surface area contributed by atoms with E-state index in [9.17, 15) is 14.5 Å². The van der Waals surface area contributed by atoms with Crippen LogP contribution in [0.5, 0.6) is 0 Å². The molecule has 0 saturated carbocycles. The predicted molar refractivity (Wildman–Crippen MR) is 138 cm³/mol. The highest BCUT2D eigenvalue weighted by Crippen LogP contribution is 2.50. The maximum Gasteiger partial charge on any atom is 0.270 e. The number of Topliss-reactive ketones (excluding diaryl/α,β-unsaturated/α-hetero) is 1. The van der Waals surface area contributed by atoms with Gasteiger partial charge in [0.1, 0.15) is 29.5 Å². The lowest BCUT2D eigenvalue weighted by atomic mass is 10.1. The lowest BCUT2D eigenvalue weighted by Crippen LogP contribution is -2.38. The molecule has 0 aliphatic carbocycles. The quantitative estimate of drug-likeness (QED) is 0.198. The van der Waals surface area contributed by atoms with E-state index in [-0.39, 0.29) is 35.9 Å². The highest BCUT2D eigenvalue weighted by atomic mass is 79.9. The van der Waals surface area contributed by atoms with E-state index in [2.05, 4.69) is 36.0 Å². The largest absolute Gasteiger partial charge is 0.386 e. The van der Waals surface area contributed by atoms with Gasteiger partial charge in [0.25, 0.3) is 7.52 Å². The Bertz CT molecular complexity index is 1330. The lowest BCUT2D eigenvalue weighted by molar-refractivity contribution is -0.119. The molecule has 1 aliphatic rings. The molecule has 15 heteroatoms. The minimum Gasteiger partial charge on any atom is -0.386 e. The maximum absolute atomic E-state index is 15.7. The number of nitrogens with two attached hydrogens (primary N) is 2. The fraction of sp³-hybridized carbons (Fsp3) is 0.455. The smallest absolute Gasteiger partial charge is 0.270 e. The maximum atomic E-state index is 15.7. The van der Waals surface area contributed by atoms with Crippen LogP contribution in [0.2, 0.25) is 0 Å². The zero-order valence-electron chi connectivity index (χ0n) is 20.1. The Kier molecular flexibility index (Phi) is 7.98. The molecule has 2 unspecified atom stereocenters. The van der Waals surface area contributed by atoms with E-state index in [4.69, 9.17) is 20.7 Å². The summed E-state index contributed by atoms with van der Waals surface area (Å²) in [7, 11) is -3.64. The van der Waals surface area contributed by atoms with E-state index in [0.717, 1.165) is 5.56 Å². The molecule has 0 aromatic carbocycles. The number of halogens is 2. The summed E-state index contributed by atoms with van der Waals surface area (Å²) in [5, 5.41) is 14.1. The standard InChI is InChI=1S/C22H28BrFN7O5P/c1-12(13(2)32)11-37(34,28-9-14-4-3-6-27-8-14)35-10-16-17(33)22(23,24)20(36-16)31-7-5-15-18(25)29-21(26)30-19(15)31/h3-8,12,16-17,20,33H,9-11H2,1-2H3,(H,28,34)(H4,25,26,29,30)/t12-,16-,17+,20-,22?,37?/m1/s1. The zero-order chi connectivity index (χ0) is 27.0. The molecule has 1 saturated heterocycles. The number of ketones is 1. The first-order valence-corrected chi connectivity index (χ1v) is 14.0. The van der Waals surface area contributed by atoms with Gasteiger partial charge >= 0.3 is 0 Å². The van der Waals surface area contributed by atoms with E-state index in [0.29, 0.717) is 5.39 Å². The average molecular weight is 600 g/mol. The van der Waals surface area contributed by atoms with E-state index in [1.165, 1.54) is 17.7 Å². The van der Waals surface area contributed by atoms with Gasteiger partial charge in [0.15, 0.2) is 6.23 Å². The Morgan fingerprint density at radius 2 is 2.19 bits per heavy atom. The molecule has 6 N–H and O–H groups in total. The molecule has 4 rings (SSSR count). The van der Waals surface area contributed by atoms with Crippen molar-refractivity contribution in [1.82, 2.24) is 24.6 Å². The van der Waals surface area contributed by atoms with Crippen LogP contribution in [0.25, 0.3) is 11.0 Å². The van der Waals surface area contributed by atoms with Crippen LogP contribution < -0.4 is 16.6 Å². The number of pyridine rings is 1. The molecule has 1 aliphatic heterocycles. The number of rotatable bonds is 10. The molecule has 0 radical (unpaired) electrons. The van der Waals surface area contributed by atoms with Gasteiger partial charge < -0.3 is 30.4 Å². The number of carbonyl (C=O) groups excluding carboxylic acids is 1. The van der Waals surface area contributed by atoms with Gasteiger partial charge in [0, 0.05) is 37.2 Å². The van der Waals surface area contributed by atoms with Crippen molar-refractivity contribution in [3.63, 3.8) is 0 Å². The summed E-state index contributed by atoms with van der Waals surface area (Å²) in [6.45, 7) is 2.78. The number of nitrogens with one attached hydrogen (secondary N) is 1. The SMILES string of the molecule is CC(=O)[C@H](C)CP(=O)(NCc1cccnc1)OC[C@H]1O[C@@H](n2ccc3c(N)nc(N)nc32)C(F)(Br)[C@H]1O. The number of aliphatic hydroxyl groups excluding tert-OH is 1. The third-order valence-corrected chi connectivity index (χ3v) is 9.25. The number of nitrogens with zero attached hydrogens (tertiary/aromatic N) is 4. The fourth-order valence-electron chi connectivity index (χ4n) is 3.93. The number of alkyl halides is 2. The van der Waals surface area contributed by atoms with Crippen molar-refractivity contribution in [2.24, 2.45) is 5.92 Å². The fourth-order valence-corrected chi connectivity index (χ4v) is 6.67. The molecule has 0 spiro atoms. The summed E-state index contributed by atoms with van der Waals surface area (Å²) in [6.07, 6.45) is 0.294. The summed E-state index contributed by atoms with van der Waals surface area (Å²) in [4.78, 5) is 23.9. The zero-order valence-corrected chi connectivity index (χ0v) is 22.6. The lowest BCUT2D eigenvalue weighted by Gasteiger charge is -2.24. The first-order chi connectivity index (χ1) is 17.4. The van der Waals surface area contributed by atoms with Gasteiger partial charge in [-0.05, 0) is 40.5 Å². The summed E-state index contributed by atoms with van der Waals surface area (Å²) in [6, 6.07) is 5.10. The number of carbonyl (C=O) groups is 1. The normalized spacial score (nSPS) is 26.2. The second-order valence-corrected chi connectivity index (χ2v) is 12.4. The van der Waals surface area contributed by atoms with Crippen molar-refractivity contribution in [3.05, 3.63) is 42.4 Å². The molecular weight excluding hydrogens is 572 g/mol. The van der Waals surface area contributed by atoms with Gasteiger partial charge in [-0.15, -0.1) is 0 Å². The molecule has 6 atom stereocenters. The van der Waals surface area contributed by atoms with Gasteiger partial charge in [-0.3, -0.25) is 14.3 Å². The van der Waals surface area contributed by atoms with E-state index in [1.807, 2.05) is 0 Å². The monoisotopic (exact) mass is 599 g/mol. The van der Waals surface area contributed by atoms with Gasteiger partial charge in [0.05, 0.1) is 12.0 Å². The highest BCUT2D eigenvalue weighted by Gasteiger charge is 2.57. The second kappa shape index (κ2) is 10.7. The highest BCUT2D eigenvalue weighted by molar-refractivity contribution is 9.10. The Morgan fingerprint density at radius 3 is 2.86 bits per heavy atom. The third kappa shape index (κ3) is 5.84. The van der Waals surface area contributed by atoms with Gasteiger partial charge in [-0.1, -0.05) is 13.0 Å². The topological polar surface area (TPSA) is 181 Å². The van der Waals surface area contributed by atoms with E-state index in [1.54, 1.807) is 37.5 Å². The van der Waals surface area contributed by atoms with Crippen LogP contribution in [-0.4, -0.2) is 60.0 Å². The van der Waals surface area contributed by atoms with Crippen LogP contribution in [-0.2, 0) is 25.2 Å². The first kappa shape index (κ1) is 27.6. The number of hydrogen-bond acceptors (Lipinski definition) is 10. The van der Waals surface area contributed by atoms with Gasteiger partial charge in [-0.2, -0.15) is 9.97 Å². The Labute approximate surface area is 220 Å². The Balaban J connectivity index is 1.53. The summed E-state index contributed by atoms with van der Waals surface area (Å²) in [5.74, 6) is -0.721. The number of aromatic nitrogens is 4. The minimum absolute atomic E-state index is 0.0956. The molecule has 200 valence electrons. The first-order valence-electron chi connectivity index (χ1n) is 11.4. The van der Waals surface area contributed by atoms with Gasteiger partial charge in [-0.25, -0.2) is 9.48 Å². The van der Waals surface area contributed by atoms with Crippen molar-refractivity contribution in [3.8, 4) is 0 Å². The Morgan fingerprint density at radius 1 is 1.43 bits per heavy atom. The number of aliphatic hydroxyl groups is 1. The van der Waals surface area contributed by atoms with E-state index >= 15 is 4.39 Å². The van der Waals surface area contributed by atoms with Crippen LogP contribution in [0.4, 0.5) is 16.2 Å². The molecule has 12 nitrogen and oxygen atoms in total. The van der Waals surface area contributed by atoms with Gasteiger partial charge in [0.2, 0.25) is 10.5 Å². The van der Waals surface area contributed by atoms with Crippen molar-refractivity contribution in [1.29, 1.82) is 0 Å². The van der Waals surface area contributed by atoms with Crippen LogP contribution in [0.1, 0.15) is 25.6 Å². The summed E-state index contributed by atoms with van der Waals surface area (Å²) < 4.78 is 39.9. The van der Waals surface area contributed by atoms with Crippen molar-refractivity contribution in [2.75, 3.05) is 24.2 Å². The van der Waals surface area contributed by atoms with Crippen molar-refractivity contribution in [2.45, 2.75) is 43.4 Å². The third-order valence-electron chi connectivity index (χ3n) is 6.15. The van der Waals surface area contributed by atoms with Crippen LogP contribution in [0, 0.1) is 5.92 Å². The van der Waals surface area contributed by atoms with Crippen LogP contribution >= 0.6 is 23.4 Å². The molecular formula is C22H28BrFN7O5P. The second-order valence-electron chi connectivity index (χ2n) is 8.93. The Hall–Kier alpha value is -2.48. The molecule has 4 heterocycles. The molecule has 1 fully saturated rings. The van der Waals surface area contributed by atoms with Crippen molar-refractivity contribution < 1.29 is 28.1 Å². The number of hydrogen-bond donors (Lipinski definition) is 4. The van der Waals surface area contributed by atoms with Crippen molar-refractivity contribution >= 4 is 52.0 Å². The molecule has 0 bridgehead atoms. The van der Waals surface area contributed by atoms with Crippen LogP contribution in [0.3, 0.4) is 0 Å². The number of anilines is 2. The molecule has 3 aromatic heterocycles. The predicted octanol–water partition coefficient (Wildman–Crippen LogP) is 2.53. The molecule has 3 aromatic rings. The molecule has 0 amide bonds. The number of fused-ring (bicyclic) bond motifs is 1. The van der Waals surface area contributed by atoms with Crippen LogP contribution in [0.15, 0.2) is 36.8 Å². The van der Waals surface area contributed by atoms with E-state index < -0.39 is 43.1 Å².